The predicted octanol–water partition coefficient (Wildman–Crippen LogP) is 1.02. The monoisotopic (exact) mass is 480 g/mol. The van der Waals surface area contributed by atoms with Crippen LogP contribution in [0.5, 0.6) is 0 Å². The van der Waals surface area contributed by atoms with Crippen molar-refractivity contribution < 1.29 is 17.9 Å². The van der Waals surface area contributed by atoms with Crippen LogP contribution in [0.15, 0.2) is 41.8 Å². The van der Waals surface area contributed by atoms with Crippen molar-refractivity contribution in [1.29, 1.82) is 0 Å². The number of ether oxygens (including phenoxy) is 1. The summed E-state index contributed by atoms with van der Waals surface area (Å²) in [6, 6.07) is 5.51. The lowest BCUT2D eigenvalue weighted by molar-refractivity contribution is -0.129. The Kier molecular flexibility index (Phi) is 5.31. The Morgan fingerprint density at radius 2 is 2.12 bits per heavy atom. The molecule has 2 aromatic rings. The number of nitrogens with zero attached hydrogens (tertiary/aromatic N) is 5. The summed E-state index contributed by atoms with van der Waals surface area (Å²) in [6.07, 6.45) is 5.00. The van der Waals surface area contributed by atoms with Crippen LogP contribution in [0.2, 0.25) is 0 Å². The van der Waals surface area contributed by atoms with E-state index in [-0.39, 0.29) is 30.4 Å². The highest BCUT2D eigenvalue weighted by Gasteiger charge is 2.53. The highest BCUT2D eigenvalue weighted by atomic mass is 32.2. The molecular formula is C23H24N6O4S. The lowest BCUT2D eigenvalue weighted by Gasteiger charge is -2.20. The van der Waals surface area contributed by atoms with Gasteiger partial charge in [0.2, 0.25) is 15.9 Å². The molecule has 1 aliphatic carbocycles. The lowest BCUT2D eigenvalue weighted by atomic mass is 10.0. The number of epoxide rings is 1. The zero-order valence-corrected chi connectivity index (χ0v) is 19.9. The first-order valence-corrected chi connectivity index (χ1v) is 12.3. The molecule has 5 rings (SSSR count). The summed E-state index contributed by atoms with van der Waals surface area (Å²) in [5.74, 6) is -0.125. The van der Waals surface area contributed by atoms with Gasteiger partial charge < -0.3 is 9.64 Å². The van der Waals surface area contributed by atoms with E-state index in [9.17, 15) is 13.2 Å². The molecule has 1 fully saturated rings. The smallest absolute Gasteiger partial charge is 0.249 e. The number of anilines is 1. The van der Waals surface area contributed by atoms with Gasteiger partial charge in [0.25, 0.3) is 0 Å². The first-order chi connectivity index (χ1) is 16.2. The number of hydrogen-bond donors (Lipinski definition) is 1. The highest BCUT2D eigenvalue weighted by Crippen LogP contribution is 2.38. The minimum Gasteiger partial charge on any atom is -0.377 e. The van der Waals surface area contributed by atoms with Crippen LogP contribution in [0, 0.1) is 6.92 Å². The number of fused-ring (bicyclic) bond motifs is 1. The fraction of sp³-hybridized carbons (Fsp3) is 0.348. The number of nitrogens with one attached hydrogen (secondary N) is 1. The maximum atomic E-state index is 13.1. The van der Waals surface area contributed by atoms with E-state index in [0.29, 0.717) is 17.9 Å². The Labute approximate surface area is 197 Å². The molecule has 1 spiro atoms. The summed E-state index contributed by atoms with van der Waals surface area (Å²) in [4.78, 5) is 15.7. The first-order valence-electron chi connectivity index (χ1n) is 10.8. The molecule has 1 aromatic heterocycles. The molecule has 0 bridgehead atoms. The Morgan fingerprint density at radius 3 is 2.85 bits per heavy atom. The number of sulfonamides is 1. The third-order valence-electron chi connectivity index (χ3n) is 6.13. The molecule has 1 aromatic carbocycles. The molecule has 0 radical (unpaired) electrons. The summed E-state index contributed by atoms with van der Waals surface area (Å²) in [6.45, 7) is 2.99. The molecule has 10 nitrogen and oxygen atoms in total. The average molecular weight is 481 g/mol. The topological polar surface area (TPSA) is 113 Å². The number of hydrogen-bond acceptors (Lipinski definition) is 7. The second-order valence-corrected chi connectivity index (χ2v) is 10.2. The van der Waals surface area contributed by atoms with Gasteiger partial charge in [-0.2, -0.15) is 0 Å². The van der Waals surface area contributed by atoms with E-state index in [1.54, 1.807) is 27.8 Å². The minimum absolute atomic E-state index is 0.0551. The molecule has 11 heteroatoms. The Balaban J connectivity index is 1.27. The van der Waals surface area contributed by atoms with Crippen molar-refractivity contribution in [3.05, 3.63) is 64.3 Å². The molecule has 1 N–H and O–H groups in total. The predicted molar refractivity (Wildman–Crippen MR) is 126 cm³/mol. The molecule has 1 saturated heterocycles. The summed E-state index contributed by atoms with van der Waals surface area (Å²) in [5.41, 5.74) is 8.61. The maximum Gasteiger partial charge on any atom is 0.249 e. The quantitative estimate of drug-likeness (QED) is 0.443. The zero-order valence-electron chi connectivity index (χ0n) is 19.1. The van der Waals surface area contributed by atoms with E-state index in [1.165, 1.54) is 6.08 Å². The fourth-order valence-electron chi connectivity index (χ4n) is 4.11. The third kappa shape index (κ3) is 3.79. The summed E-state index contributed by atoms with van der Waals surface area (Å²) in [7, 11) is -0.0270. The number of benzene rings is 1. The number of rotatable bonds is 8. The van der Waals surface area contributed by atoms with E-state index in [4.69, 9.17) is 4.74 Å². The van der Waals surface area contributed by atoms with Crippen molar-refractivity contribution in [2.24, 2.45) is 0 Å². The van der Waals surface area contributed by atoms with Crippen LogP contribution in [0.3, 0.4) is 0 Å². The Bertz CT molecular complexity index is 1420. The molecule has 1 unspecified atom stereocenters. The Hall–Kier alpha value is -3.46. The van der Waals surface area contributed by atoms with Gasteiger partial charge in [0, 0.05) is 43.5 Å². The molecule has 34 heavy (non-hydrogen) atoms. The standard InChI is InChI=1S/C23H24N6O4S/c1-16-19(14-28-22(30)10-11-23(28)15-33-23)25-26-29(16)13-12-24-34(31,32)21-9-5-6-17-18(21)7-4-8-20(17)27(2)3/h4,6-8,10-11,24H,12-15H2,1-3H3. The van der Waals surface area contributed by atoms with Crippen LogP contribution in [-0.4, -0.2) is 67.2 Å². The van der Waals surface area contributed by atoms with Crippen LogP contribution < -0.4 is 9.62 Å². The molecule has 2 aliphatic heterocycles. The number of carbonyl (C=O) groups excluding carboxylic acids is 1. The van der Waals surface area contributed by atoms with Crippen LogP contribution in [-0.2, 0) is 32.6 Å². The van der Waals surface area contributed by atoms with E-state index in [1.807, 2.05) is 38.1 Å². The van der Waals surface area contributed by atoms with Gasteiger partial charge in [-0.25, -0.2) is 17.8 Å². The van der Waals surface area contributed by atoms with Crippen molar-refractivity contribution in [2.45, 2.75) is 25.7 Å². The van der Waals surface area contributed by atoms with E-state index < -0.39 is 15.7 Å². The van der Waals surface area contributed by atoms with Crippen molar-refractivity contribution >= 4 is 32.6 Å². The van der Waals surface area contributed by atoms with Gasteiger partial charge in [-0.05, 0) is 30.9 Å². The van der Waals surface area contributed by atoms with Crippen LogP contribution in [0.1, 0.15) is 22.5 Å². The summed E-state index contributed by atoms with van der Waals surface area (Å²) >= 11 is 0. The average Bonchev–Trinajstić information content (AvgIpc) is 3.43. The van der Waals surface area contributed by atoms with Gasteiger partial charge >= 0.3 is 0 Å². The molecular weight excluding hydrogens is 456 g/mol. The number of amides is 1. The van der Waals surface area contributed by atoms with Gasteiger partial charge in [-0.1, -0.05) is 23.1 Å². The summed E-state index contributed by atoms with van der Waals surface area (Å²) < 4.78 is 35.8. The van der Waals surface area contributed by atoms with E-state index >= 15 is 0 Å². The van der Waals surface area contributed by atoms with Crippen molar-refractivity contribution in [1.82, 2.24) is 24.6 Å². The first kappa shape index (κ1) is 22.3. The molecule has 1 atom stereocenters. The van der Waals surface area contributed by atoms with Crippen molar-refractivity contribution in [3.8, 4) is 0 Å². The van der Waals surface area contributed by atoms with Crippen molar-refractivity contribution in [2.75, 3.05) is 32.1 Å². The molecule has 0 saturated carbocycles. The lowest BCUT2D eigenvalue weighted by Crippen LogP contribution is -2.36. The fourth-order valence-corrected chi connectivity index (χ4v) is 5.28. The van der Waals surface area contributed by atoms with Crippen LogP contribution >= 0.6 is 0 Å². The van der Waals surface area contributed by atoms with Crippen LogP contribution in [0.4, 0.5) is 5.69 Å². The van der Waals surface area contributed by atoms with Crippen LogP contribution in [0.25, 0.3) is 11.0 Å². The molecule has 176 valence electrons. The SMILES string of the molecule is Cc1c(CN2C(=O)C=CC23CO3)nnn1CCNS(=O)(=O)C1=C=C=Cc2c1cccc2N(C)C. The van der Waals surface area contributed by atoms with Gasteiger partial charge in [0.15, 0.2) is 5.72 Å². The Morgan fingerprint density at radius 1 is 1.32 bits per heavy atom. The molecule has 3 heterocycles. The zero-order chi connectivity index (χ0) is 24.1. The second kappa shape index (κ2) is 8.09. The van der Waals surface area contributed by atoms with E-state index in [2.05, 4.69) is 26.5 Å². The number of aromatic nitrogens is 3. The van der Waals surface area contributed by atoms with E-state index in [0.717, 1.165) is 16.9 Å². The van der Waals surface area contributed by atoms with Gasteiger partial charge in [0.05, 0.1) is 18.8 Å². The third-order valence-corrected chi connectivity index (χ3v) is 7.58. The molecule has 3 aliphatic rings. The van der Waals surface area contributed by atoms with Gasteiger partial charge in [-0.3, -0.25) is 9.69 Å². The second-order valence-electron chi connectivity index (χ2n) is 8.51. The highest BCUT2D eigenvalue weighted by molar-refractivity contribution is 7.98. The molecule has 1 amide bonds. The van der Waals surface area contributed by atoms with Gasteiger partial charge in [0.1, 0.15) is 17.2 Å². The summed E-state index contributed by atoms with van der Waals surface area (Å²) in [5, 5.41) is 8.33. The largest absolute Gasteiger partial charge is 0.377 e. The van der Waals surface area contributed by atoms with Crippen molar-refractivity contribution in [3.63, 3.8) is 0 Å². The van der Waals surface area contributed by atoms with Gasteiger partial charge in [-0.15, -0.1) is 5.10 Å². The maximum absolute atomic E-state index is 13.1. The normalized spacial score (nSPS) is 20.3. The number of carbonyl (C=O) groups is 1. The minimum atomic E-state index is -3.83.